The van der Waals surface area contributed by atoms with Crippen molar-refractivity contribution in [1.82, 2.24) is 0 Å². The summed E-state index contributed by atoms with van der Waals surface area (Å²) in [5.41, 5.74) is 0. The van der Waals surface area contributed by atoms with Crippen LogP contribution in [0.4, 0.5) is 4.79 Å². The molecule has 1 aliphatic heterocycles. The lowest BCUT2D eigenvalue weighted by Crippen LogP contribution is -2.46. The van der Waals surface area contributed by atoms with Gasteiger partial charge in [-0.1, -0.05) is 0 Å². The second-order valence-electron chi connectivity index (χ2n) is 2.95. The Morgan fingerprint density at radius 2 is 2.07 bits per heavy atom. The molecule has 1 saturated heterocycles. The smallest absolute Gasteiger partial charge is 0.430 e. The summed E-state index contributed by atoms with van der Waals surface area (Å²) in [6.45, 7) is -0.880. The molecule has 1 fully saturated rings. The van der Waals surface area contributed by atoms with E-state index >= 15 is 0 Å². The van der Waals surface area contributed by atoms with Crippen molar-refractivity contribution >= 4 is 6.16 Å². The SMILES string of the molecule is O=C1OC[C@H]([C@H](O)[C@@H](O)[C@H](O)CO)O1. The third-order valence-electron chi connectivity index (χ3n) is 1.93. The van der Waals surface area contributed by atoms with Gasteiger partial charge in [0.2, 0.25) is 0 Å². The summed E-state index contributed by atoms with van der Waals surface area (Å²) in [4.78, 5) is 10.5. The fourth-order valence-electron chi connectivity index (χ4n) is 1.07. The predicted molar refractivity (Wildman–Crippen MR) is 41.3 cm³/mol. The largest absolute Gasteiger partial charge is 0.508 e. The monoisotopic (exact) mass is 208 g/mol. The van der Waals surface area contributed by atoms with Crippen molar-refractivity contribution in [3.8, 4) is 0 Å². The van der Waals surface area contributed by atoms with E-state index in [9.17, 15) is 15.0 Å². The summed E-state index contributed by atoms with van der Waals surface area (Å²) < 4.78 is 8.85. The maximum atomic E-state index is 10.5. The molecular formula is C7H12O7. The molecule has 4 N–H and O–H groups in total. The van der Waals surface area contributed by atoms with Gasteiger partial charge in [0.15, 0.2) is 6.10 Å². The van der Waals surface area contributed by atoms with Gasteiger partial charge in [-0.2, -0.15) is 0 Å². The van der Waals surface area contributed by atoms with Gasteiger partial charge in [-0.25, -0.2) is 4.79 Å². The molecular weight excluding hydrogens is 196 g/mol. The summed E-state index contributed by atoms with van der Waals surface area (Å²) in [6.07, 6.45) is -6.49. The Balaban J connectivity index is 2.47. The molecule has 0 aromatic heterocycles. The Kier molecular flexibility index (Phi) is 3.64. The number of aliphatic hydroxyl groups excluding tert-OH is 4. The first-order chi connectivity index (χ1) is 6.56. The fraction of sp³-hybridized carbons (Fsp3) is 0.857. The molecule has 82 valence electrons. The number of carbonyl (C=O) groups excluding carboxylic acids is 1. The molecule has 1 heterocycles. The van der Waals surface area contributed by atoms with Crippen LogP contribution in [0.15, 0.2) is 0 Å². The summed E-state index contributed by atoms with van der Waals surface area (Å²) in [7, 11) is 0. The van der Waals surface area contributed by atoms with E-state index in [0.29, 0.717) is 0 Å². The van der Waals surface area contributed by atoms with Gasteiger partial charge in [-0.3, -0.25) is 0 Å². The lowest BCUT2D eigenvalue weighted by molar-refractivity contribution is -0.108. The van der Waals surface area contributed by atoms with Gasteiger partial charge in [-0.15, -0.1) is 0 Å². The second-order valence-corrected chi connectivity index (χ2v) is 2.95. The van der Waals surface area contributed by atoms with Crippen LogP contribution in [0.3, 0.4) is 0 Å². The van der Waals surface area contributed by atoms with E-state index in [1.807, 2.05) is 0 Å². The highest BCUT2D eigenvalue weighted by molar-refractivity contribution is 5.61. The summed E-state index contributed by atoms with van der Waals surface area (Å²) in [5, 5.41) is 36.1. The maximum Gasteiger partial charge on any atom is 0.508 e. The van der Waals surface area contributed by atoms with E-state index in [1.54, 1.807) is 0 Å². The zero-order valence-electron chi connectivity index (χ0n) is 7.24. The first-order valence-electron chi connectivity index (χ1n) is 4.04. The van der Waals surface area contributed by atoms with Crippen molar-refractivity contribution in [2.24, 2.45) is 0 Å². The van der Waals surface area contributed by atoms with Crippen molar-refractivity contribution in [2.45, 2.75) is 24.4 Å². The Hall–Kier alpha value is -0.890. The van der Waals surface area contributed by atoms with E-state index in [4.69, 9.17) is 10.2 Å². The number of cyclic esters (lactones) is 2. The number of rotatable bonds is 4. The van der Waals surface area contributed by atoms with Crippen LogP contribution in [0.1, 0.15) is 0 Å². The van der Waals surface area contributed by atoms with Crippen LogP contribution in [0.5, 0.6) is 0 Å². The number of aliphatic hydroxyl groups is 4. The lowest BCUT2D eigenvalue weighted by atomic mass is 10.0. The topological polar surface area (TPSA) is 116 Å². The lowest BCUT2D eigenvalue weighted by Gasteiger charge is -2.23. The molecule has 0 radical (unpaired) electrons. The van der Waals surface area contributed by atoms with E-state index in [1.165, 1.54) is 0 Å². The van der Waals surface area contributed by atoms with Crippen LogP contribution in [-0.4, -0.2) is 64.2 Å². The van der Waals surface area contributed by atoms with Crippen LogP contribution in [0.25, 0.3) is 0 Å². The Morgan fingerprint density at radius 1 is 1.43 bits per heavy atom. The van der Waals surface area contributed by atoms with Gasteiger partial charge < -0.3 is 29.9 Å². The first kappa shape index (κ1) is 11.2. The van der Waals surface area contributed by atoms with Gasteiger partial charge in [0, 0.05) is 0 Å². The number of hydrogen-bond donors (Lipinski definition) is 4. The van der Waals surface area contributed by atoms with E-state index in [-0.39, 0.29) is 6.61 Å². The second kappa shape index (κ2) is 4.56. The van der Waals surface area contributed by atoms with Gasteiger partial charge in [0.1, 0.15) is 24.9 Å². The van der Waals surface area contributed by atoms with E-state index in [2.05, 4.69) is 9.47 Å². The molecule has 14 heavy (non-hydrogen) atoms. The van der Waals surface area contributed by atoms with Crippen LogP contribution >= 0.6 is 0 Å². The molecule has 4 atom stereocenters. The van der Waals surface area contributed by atoms with Crippen LogP contribution in [-0.2, 0) is 9.47 Å². The molecule has 0 saturated carbocycles. The van der Waals surface area contributed by atoms with Gasteiger partial charge in [0.05, 0.1) is 6.61 Å². The molecule has 0 aromatic rings. The molecule has 0 aromatic carbocycles. The molecule has 1 aliphatic rings. The van der Waals surface area contributed by atoms with Crippen molar-refractivity contribution < 1.29 is 34.7 Å². The molecule has 0 spiro atoms. The summed E-state index contributed by atoms with van der Waals surface area (Å²) >= 11 is 0. The highest BCUT2D eigenvalue weighted by atomic mass is 16.8. The minimum Gasteiger partial charge on any atom is -0.430 e. The Morgan fingerprint density at radius 3 is 2.50 bits per heavy atom. The molecule has 7 nitrogen and oxygen atoms in total. The number of ether oxygens (including phenoxy) is 2. The van der Waals surface area contributed by atoms with Gasteiger partial charge >= 0.3 is 6.16 Å². The quantitative estimate of drug-likeness (QED) is 0.380. The van der Waals surface area contributed by atoms with Crippen LogP contribution in [0, 0.1) is 0 Å². The normalized spacial score (nSPS) is 27.7. The van der Waals surface area contributed by atoms with Gasteiger partial charge in [0.25, 0.3) is 0 Å². The Bertz CT molecular complexity index is 206. The summed E-state index contributed by atoms with van der Waals surface area (Å²) in [6, 6.07) is 0. The minimum absolute atomic E-state index is 0.185. The van der Waals surface area contributed by atoms with E-state index in [0.717, 1.165) is 0 Å². The number of carbonyl (C=O) groups is 1. The maximum absolute atomic E-state index is 10.5. The number of hydrogen-bond acceptors (Lipinski definition) is 7. The van der Waals surface area contributed by atoms with Crippen LogP contribution < -0.4 is 0 Å². The average Bonchev–Trinajstić information content (AvgIpc) is 2.61. The van der Waals surface area contributed by atoms with Gasteiger partial charge in [-0.05, 0) is 0 Å². The molecule has 0 unspecified atom stereocenters. The van der Waals surface area contributed by atoms with Crippen molar-refractivity contribution in [2.75, 3.05) is 13.2 Å². The predicted octanol–water partition coefficient (Wildman–Crippen LogP) is -2.40. The zero-order chi connectivity index (χ0) is 10.7. The average molecular weight is 208 g/mol. The molecule has 7 heteroatoms. The molecule has 0 bridgehead atoms. The van der Waals surface area contributed by atoms with Crippen molar-refractivity contribution in [1.29, 1.82) is 0 Å². The third-order valence-corrected chi connectivity index (χ3v) is 1.93. The minimum atomic E-state index is -1.58. The van der Waals surface area contributed by atoms with E-state index < -0.39 is 37.2 Å². The van der Waals surface area contributed by atoms with Crippen molar-refractivity contribution in [3.63, 3.8) is 0 Å². The van der Waals surface area contributed by atoms with Crippen LogP contribution in [0.2, 0.25) is 0 Å². The molecule has 1 rings (SSSR count). The highest BCUT2D eigenvalue weighted by Crippen LogP contribution is 2.14. The Labute approximate surface area is 79.5 Å². The standard InChI is InChI=1S/C7H12O7/c8-1-3(9)5(10)6(11)4-2-13-7(12)14-4/h3-6,8-11H,1-2H2/t3-,4-,5+,6+/m1/s1. The summed E-state index contributed by atoms with van der Waals surface area (Å²) in [5.74, 6) is 0. The zero-order valence-corrected chi connectivity index (χ0v) is 7.24. The fourth-order valence-corrected chi connectivity index (χ4v) is 1.07. The van der Waals surface area contributed by atoms with Crippen molar-refractivity contribution in [3.05, 3.63) is 0 Å². The first-order valence-corrected chi connectivity index (χ1v) is 4.04. The highest BCUT2D eigenvalue weighted by Gasteiger charge is 2.38. The molecule has 0 amide bonds. The third kappa shape index (κ3) is 2.32. The molecule has 0 aliphatic carbocycles.